The summed E-state index contributed by atoms with van der Waals surface area (Å²) < 4.78 is 481. The van der Waals surface area contributed by atoms with Crippen LogP contribution in [0.2, 0.25) is 40.2 Å². The summed E-state index contributed by atoms with van der Waals surface area (Å²) in [5, 5.41) is 8.20. The summed E-state index contributed by atoms with van der Waals surface area (Å²) in [7, 11) is 0. The molecule has 12 heterocycles. The number of fused-ring (bicyclic) bond motifs is 4. The zero-order valence-corrected chi connectivity index (χ0v) is 64.6. The number of hydrogen-bond acceptors (Lipinski definition) is 24. The van der Waals surface area contributed by atoms with Gasteiger partial charge in [-0.2, -0.15) is 19.9 Å². The lowest BCUT2D eigenvalue weighted by Crippen LogP contribution is -2.42. The predicted octanol–water partition coefficient (Wildman–Crippen LogP) is 11.0. The summed E-state index contributed by atoms with van der Waals surface area (Å²) in [6, 6.07) is 4.49. The van der Waals surface area contributed by atoms with Gasteiger partial charge in [0.1, 0.15) is 5.48 Å². The van der Waals surface area contributed by atoms with Gasteiger partial charge in [-0.15, -0.1) is 0 Å². The van der Waals surface area contributed by atoms with Gasteiger partial charge in [-0.3, -0.25) is 58.7 Å². The van der Waals surface area contributed by atoms with Gasteiger partial charge < -0.3 is 58.5 Å². The van der Waals surface area contributed by atoms with Crippen LogP contribution in [0.5, 0.6) is 0 Å². The number of aromatic amines is 4. The minimum Gasteiger partial charge on any atom is -0.376 e. The second kappa shape index (κ2) is 40.3. The maximum absolute atomic E-state index is 13.2. The van der Waals surface area contributed by atoms with Gasteiger partial charge in [0.25, 0.3) is 22.2 Å². The van der Waals surface area contributed by atoms with Gasteiger partial charge in [0.05, 0.1) is 157 Å². The standard InChI is InChI=1S/4C19H22Cl2N6O2/c4*1-12-10-26(6-7-29-12)4-5-27-11-23-17-16(27)18(28)25-19(24-17)22-9-13-2-3-14(20)15(21)8-13/h4*2-3,8,11-12H,4-7,9-10H2,1H3,(H2,22,24,25,28)/i2D,3D,4D2,5D2,6D2,7D2,8D,9D2,10D2,11D,12D;3D,5D2,6D2,7D2,9D2,10D2,11D,12D;3D,4D2,6D2,7D2,9D2,10D2,11D,12D;3D,4D2,5D2,6D2,7D2,10D2,11D,12D. The molecule has 4 atom stereocenters. The van der Waals surface area contributed by atoms with Crippen LogP contribution in [-0.2, 0) is 71.0 Å². The first-order valence-electron chi connectivity index (χ1n) is 60.0. The Hall–Kier alpha value is -8.52. The number of aromatic nitrogens is 16. The first kappa shape index (κ1) is 39.6. The van der Waals surface area contributed by atoms with E-state index in [4.69, 9.17) is 179 Å². The van der Waals surface area contributed by atoms with E-state index in [1.54, 1.807) is 0 Å². The summed E-state index contributed by atoms with van der Waals surface area (Å²) in [6.45, 7) is -70.4. The Morgan fingerprint density at radius 2 is 0.741 bits per heavy atom. The lowest BCUT2D eigenvalue weighted by atomic mass is 10.2. The molecular formula is C76H88Cl8N24O8. The molecule has 4 aliphatic heterocycles. The van der Waals surface area contributed by atoms with Crippen molar-refractivity contribution in [3.63, 3.8) is 0 Å². The Morgan fingerprint density at radius 1 is 0.405 bits per heavy atom. The fourth-order valence-corrected chi connectivity index (χ4v) is 10.2. The van der Waals surface area contributed by atoms with Crippen LogP contribution < -0.4 is 43.5 Å². The normalized spacial score (nSPS) is 33.6. The molecule has 0 amide bonds. The molecule has 8 N–H and O–H groups in total. The topological polar surface area (TPSA) is 352 Å². The summed E-state index contributed by atoms with van der Waals surface area (Å²) in [5.41, 5.74) is -10.5. The third kappa shape index (κ3) is 23.1. The number of aryl methyl sites for hydroxylation is 3. The van der Waals surface area contributed by atoms with Gasteiger partial charge in [-0.25, -0.2) is 19.9 Å². The summed E-state index contributed by atoms with van der Waals surface area (Å²) in [6.07, 6.45) is -15.4. The number of nitrogens with zero attached hydrogens (tertiary/aromatic N) is 16. The van der Waals surface area contributed by atoms with Crippen LogP contribution in [0.25, 0.3) is 44.7 Å². The number of H-pyrrole nitrogens is 4. The largest absolute Gasteiger partial charge is 0.376 e. The monoisotopic (exact) mass is 1800 g/mol. The molecule has 4 fully saturated rings. The van der Waals surface area contributed by atoms with Crippen molar-refractivity contribution in [2.75, 3.05) is 126 Å². The molecule has 116 heavy (non-hydrogen) atoms. The molecule has 0 spiro atoms. The zero-order valence-electron chi connectivity index (χ0n) is 115. The van der Waals surface area contributed by atoms with Gasteiger partial charge >= 0.3 is 0 Å². The molecule has 4 aromatic carbocycles. The Kier molecular flexibility index (Phi) is 13.7. The lowest BCUT2D eigenvalue weighted by molar-refractivity contribution is -0.0191. The number of morpholine rings is 4. The van der Waals surface area contributed by atoms with E-state index in [-0.39, 0.29) is 90.8 Å². The maximum atomic E-state index is 13.2. The zero-order chi connectivity index (χ0) is 132. The molecule has 32 nitrogen and oxygen atoms in total. The van der Waals surface area contributed by atoms with Gasteiger partial charge in [0, 0.05) is 160 Å². The van der Waals surface area contributed by atoms with Crippen LogP contribution in [0.4, 0.5) is 23.8 Å². The van der Waals surface area contributed by atoms with Crippen molar-refractivity contribution >= 4 is 161 Å². The number of rotatable bonds is 24. The van der Waals surface area contributed by atoms with Gasteiger partial charge in [0.15, 0.2) is 44.7 Å². The fourth-order valence-electron chi connectivity index (χ4n) is 9.08. The van der Waals surface area contributed by atoms with Crippen molar-refractivity contribution in [2.45, 2.75) is 104 Å². The predicted molar refractivity (Wildman–Crippen MR) is 455 cm³/mol. The third-order valence-corrected chi connectivity index (χ3v) is 16.9. The van der Waals surface area contributed by atoms with Gasteiger partial charge in [-0.05, 0) is 98.4 Å². The molecule has 4 unspecified atom stereocenters. The molecule has 4 saturated heterocycles. The van der Waals surface area contributed by atoms with E-state index >= 15 is 0 Å². The van der Waals surface area contributed by atoms with Crippen LogP contribution in [0, 0.1) is 0 Å². The number of imidazole rings is 4. The highest BCUT2D eigenvalue weighted by Crippen LogP contribution is 2.28. The molecule has 0 bridgehead atoms. The molecule has 8 aromatic heterocycles. The molecule has 16 rings (SSSR count). The van der Waals surface area contributed by atoms with Crippen molar-refractivity contribution in [3.05, 3.63) is 202 Å². The van der Waals surface area contributed by atoms with E-state index in [1.165, 1.54) is 12.1 Å². The Bertz CT molecular complexity index is 8430. The Balaban J connectivity index is 0.000000188. The van der Waals surface area contributed by atoms with Gasteiger partial charge in [-0.1, -0.05) is 117 Å². The lowest BCUT2D eigenvalue weighted by Gasteiger charge is -2.31. The highest BCUT2D eigenvalue weighted by Gasteiger charge is 2.24. The number of hydrogen-bond donors (Lipinski definition) is 8. The van der Waals surface area contributed by atoms with E-state index < -0.39 is 328 Å². The minimum atomic E-state index is -4.01. The number of benzene rings is 4. The molecule has 4 aliphatic rings. The summed E-state index contributed by atoms with van der Waals surface area (Å²) in [4.78, 5) is 90.9. The maximum Gasteiger partial charge on any atom is 0.278 e. The molecule has 40 heteroatoms. The molecule has 0 saturated carbocycles. The fraction of sp³-hybridized carbons (Fsp3) is 0.421. The molecule has 0 radical (unpaired) electrons. The van der Waals surface area contributed by atoms with E-state index in [9.17, 15) is 19.2 Å². The highest BCUT2D eigenvalue weighted by molar-refractivity contribution is 6.43. The van der Waals surface area contributed by atoms with E-state index in [2.05, 4.69) is 85.6 Å². The molecule has 12 aromatic rings. The average Bonchev–Trinajstić information content (AvgIpc) is 0.946. The number of ether oxygens (including phenoxy) is 4. The van der Waals surface area contributed by atoms with Crippen molar-refractivity contribution < 1.29 is 95.7 Å². The average molecular weight is 1810 g/mol. The molecule has 0 aliphatic carbocycles. The van der Waals surface area contributed by atoms with Crippen molar-refractivity contribution in [1.82, 2.24) is 97.7 Å². The number of halogens is 8. The molecular weight excluding hydrogens is 1660 g/mol. The first-order chi connectivity index (χ1) is 77.1. The Labute approximate surface area is 784 Å². The third-order valence-electron chi connectivity index (χ3n) is 14.1. The van der Waals surface area contributed by atoms with E-state index in [0.717, 1.165) is 38.1 Å². The minimum absolute atomic E-state index is 0.000220. The second-order valence-electron chi connectivity index (χ2n) is 22.3. The van der Waals surface area contributed by atoms with Crippen molar-refractivity contribution in [1.29, 1.82) is 0 Å². The summed E-state index contributed by atoms with van der Waals surface area (Å²) in [5.74, 6) is -1.94. The highest BCUT2D eigenvalue weighted by atomic mass is 35.5. The van der Waals surface area contributed by atoms with Crippen molar-refractivity contribution in [3.8, 4) is 0 Å². The number of nitrogens with one attached hydrogen (secondary N) is 8. The molecule has 616 valence electrons. The van der Waals surface area contributed by atoms with Crippen LogP contribution >= 0.6 is 92.8 Å². The Morgan fingerprint density at radius 3 is 1.16 bits per heavy atom. The van der Waals surface area contributed by atoms with Crippen LogP contribution in [0.3, 0.4) is 0 Å². The van der Waals surface area contributed by atoms with Crippen molar-refractivity contribution in [2.24, 2.45) is 0 Å². The van der Waals surface area contributed by atoms with Gasteiger partial charge in [0.2, 0.25) is 23.8 Å². The van der Waals surface area contributed by atoms with E-state index in [1.807, 2.05) is 4.98 Å². The number of anilines is 4. The van der Waals surface area contributed by atoms with Crippen LogP contribution in [0.15, 0.2) is 117 Å². The van der Waals surface area contributed by atoms with E-state index in [0.29, 0.717) is 28.5 Å². The SMILES string of the molecule is [2H]c1c([2H])c(C([2H])([2H])Nc2nc3nc([2H])n(C([2H])([2H])C([2H])([2H])N4C([2H])([2H])C([2H])([2H])OC([2H])(C)C4([2H])[2H])c3c(=O)[nH]2)c([2H])c(Cl)c1Cl.[2H]c1cc(C([2H])([2H])Nc2nc3nc([2H])n(C([2H])([2H])CN4C([2H])([2H])C([2H])([2H])OC([2H])(C)C4([2H])[2H])c3c(=O)[nH]2)cc(Cl)c1Cl.[2H]c1cc(C([2H])([2H])Nc2nc3nc([2H])n(CC([2H])([2H])N4C([2H])([2H])C([2H])([2H])OC([2H])(C)C4([2H])[2H])c3c(=O)[nH]2)cc(Cl)c1Cl.[2H]c1cc(CNc2nc3nc([2H])n(C([2H])([2H])C([2H])([2H])N4C([2H])([2H])C([2H])([2H])OC([2H])(C)C4([2H])[2H])c3c(=O)[nH]2)cc(Cl)c1Cl. The second-order valence-corrected chi connectivity index (χ2v) is 25.4. The quantitative estimate of drug-likeness (QED) is 0.0279. The van der Waals surface area contributed by atoms with Crippen LogP contribution in [0.1, 0.15) is 127 Å². The first-order valence-corrected chi connectivity index (χ1v) is 35.0. The van der Waals surface area contributed by atoms with Crippen LogP contribution in [-0.4, -0.2) is 226 Å². The smallest absolute Gasteiger partial charge is 0.278 e. The summed E-state index contributed by atoms with van der Waals surface area (Å²) >= 11 is 47.2.